The lowest BCUT2D eigenvalue weighted by atomic mass is 9.98. The zero-order valence-corrected chi connectivity index (χ0v) is 15.6. The van der Waals surface area contributed by atoms with E-state index in [9.17, 15) is 9.59 Å². The molecule has 0 fully saturated rings. The van der Waals surface area contributed by atoms with Crippen LogP contribution in [0.15, 0.2) is 48.5 Å². The van der Waals surface area contributed by atoms with Crippen molar-refractivity contribution in [3.8, 4) is 11.1 Å². The van der Waals surface area contributed by atoms with Crippen molar-refractivity contribution in [2.75, 3.05) is 13.2 Å². The van der Waals surface area contributed by atoms with Crippen molar-refractivity contribution in [1.82, 2.24) is 5.32 Å². The Labute approximate surface area is 164 Å². The summed E-state index contributed by atoms with van der Waals surface area (Å²) in [6.07, 6.45) is 0.284. The number of carboxylic acids is 1. The van der Waals surface area contributed by atoms with Crippen LogP contribution in [0.4, 0.5) is 4.79 Å². The molecule has 0 saturated carbocycles. The van der Waals surface area contributed by atoms with Crippen LogP contribution in [0, 0.1) is 0 Å². The number of nitrogens with two attached hydrogens (primary N) is 1. The molecule has 7 heteroatoms. The minimum atomic E-state index is -1.04. The Morgan fingerprint density at radius 2 is 1.63 bits per heavy atom. The number of benzene rings is 2. The molecule has 4 N–H and O–H groups in total. The Hall–Kier alpha value is -2.57. The second-order valence-corrected chi connectivity index (χ2v) is 6.34. The van der Waals surface area contributed by atoms with Crippen LogP contribution in [0.1, 0.15) is 29.9 Å². The highest BCUT2D eigenvalue weighted by atomic mass is 35.5. The highest BCUT2D eigenvalue weighted by molar-refractivity contribution is 5.85. The molecule has 0 unspecified atom stereocenters. The standard InChI is InChI=1S/C20H22N2O4.ClH/c21-18(19(23)24)10-5-11-22-20(25)26-12-17-15-8-3-1-6-13(15)14-7-2-4-9-16(14)17;/h1-4,6-9,17-18H,5,10-12,21H2,(H,22,25)(H,23,24);1H/t18-;/m1./s1. The van der Waals surface area contributed by atoms with Gasteiger partial charge < -0.3 is 20.9 Å². The summed E-state index contributed by atoms with van der Waals surface area (Å²) in [5, 5.41) is 11.4. The summed E-state index contributed by atoms with van der Waals surface area (Å²) in [5.74, 6) is -1.01. The van der Waals surface area contributed by atoms with Crippen molar-refractivity contribution in [2.45, 2.75) is 24.8 Å². The largest absolute Gasteiger partial charge is 0.480 e. The number of hydrogen-bond acceptors (Lipinski definition) is 4. The number of halogens is 1. The molecule has 2 aromatic carbocycles. The molecule has 144 valence electrons. The summed E-state index contributed by atoms with van der Waals surface area (Å²) in [6, 6.07) is 15.4. The molecule has 1 amide bonds. The molecule has 3 rings (SSSR count). The summed E-state index contributed by atoms with van der Waals surface area (Å²) in [7, 11) is 0. The predicted molar refractivity (Wildman–Crippen MR) is 105 cm³/mol. The van der Waals surface area contributed by atoms with Gasteiger partial charge in [-0.2, -0.15) is 0 Å². The van der Waals surface area contributed by atoms with Crippen molar-refractivity contribution in [1.29, 1.82) is 0 Å². The van der Waals surface area contributed by atoms with E-state index >= 15 is 0 Å². The van der Waals surface area contributed by atoms with Gasteiger partial charge in [0.25, 0.3) is 0 Å². The van der Waals surface area contributed by atoms with Gasteiger partial charge in [-0.15, -0.1) is 12.4 Å². The number of rotatable bonds is 7. The lowest BCUT2D eigenvalue weighted by Gasteiger charge is -2.14. The molecule has 0 bridgehead atoms. The van der Waals surface area contributed by atoms with Gasteiger partial charge in [-0.1, -0.05) is 48.5 Å². The summed E-state index contributed by atoms with van der Waals surface area (Å²) in [6.45, 7) is 0.589. The fourth-order valence-electron chi connectivity index (χ4n) is 3.29. The van der Waals surface area contributed by atoms with E-state index in [-0.39, 0.29) is 24.9 Å². The van der Waals surface area contributed by atoms with Crippen LogP contribution >= 0.6 is 12.4 Å². The maximum absolute atomic E-state index is 11.9. The highest BCUT2D eigenvalue weighted by Gasteiger charge is 2.28. The molecule has 0 heterocycles. The molecular formula is C20H23ClN2O4. The molecule has 2 aromatic rings. The van der Waals surface area contributed by atoms with Crippen LogP contribution in [0.5, 0.6) is 0 Å². The number of carbonyl (C=O) groups is 2. The maximum Gasteiger partial charge on any atom is 0.407 e. The van der Waals surface area contributed by atoms with Crippen LogP contribution in [0.2, 0.25) is 0 Å². The number of aliphatic carboxylic acids is 1. The first kappa shape index (κ1) is 20.7. The van der Waals surface area contributed by atoms with Gasteiger partial charge in [-0.3, -0.25) is 4.79 Å². The van der Waals surface area contributed by atoms with Crippen molar-refractivity contribution >= 4 is 24.5 Å². The number of alkyl carbamates (subject to hydrolysis) is 1. The molecule has 1 atom stereocenters. The van der Waals surface area contributed by atoms with Crippen LogP contribution in [-0.2, 0) is 9.53 Å². The quantitative estimate of drug-likeness (QED) is 0.630. The number of hydrogen-bond donors (Lipinski definition) is 3. The molecule has 0 aromatic heterocycles. The smallest absolute Gasteiger partial charge is 0.407 e. The molecular weight excluding hydrogens is 368 g/mol. The van der Waals surface area contributed by atoms with Crippen LogP contribution in [-0.4, -0.2) is 36.4 Å². The van der Waals surface area contributed by atoms with Gasteiger partial charge in [0.1, 0.15) is 12.6 Å². The topological polar surface area (TPSA) is 102 Å². The van der Waals surface area contributed by atoms with Gasteiger partial charge in [-0.25, -0.2) is 4.79 Å². The Kier molecular flexibility index (Phi) is 7.21. The molecule has 1 aliphatic rings. The zero-order valence-electron chi connectivity index (χ0n) is 14.8. The van der Waals surface area contributed by atoms with Gasteiger partial charge in [-0.05, 0) is 35.1 Å². The SMILES string of the molecule is Cl.N[C@H](CCCNC(=O)OCC1c2ccccc2-c2ccccc21)C(=O)O. The third-order valence-electron chi connectivity index (χ3n) is 4.62. The minimum absolute atomic E-state index is 0. The van der Waals surface area contributed by atoms with Gasteiger partial charge >= 0.3 is 12.1 Å². The van der Waals surface area contributed by atoms with E-state index in [2.05, 4.69) is 29.6 Å². The number of nitrogens with one attached hydrogen (secondary N) is 1. The Bertz CT molecular complexity index is 767. The fraction of sp³-hybridized carbons (Fsp3) is 0.300. The van der Waals surface area contributed by atoms with Crippen molar-refractivity contribution in [3.63, 3.8) is 0 Å². The maximum atomic E-state index is 11.9. The molecule has 27 heavy (non-hydrogen) atoms. The van der Waals surface area contributed by atoms with Crippen LogP contribution < -0.4 is 11.1 Å². The van der Waals surface area contributed by atoms with E-state index in [1.54, 1.807) is 0 Å². The van der Waals surface area contributed by atoms with Crippen molar-refractivity contribution in [3.05, 3.63) is 59.7 Å². The molecule has 1 aliphatic carbocycles. The lowest BCUT2D eigenvalue weighted by molar-refractivity contribution is -0.138. The van der Waals surface area contributed by atoms with Crippen molar-refractivity contribution < 1.29 is 19.4 Å². The van der Waals surface area contributed by atoms with Gasteiger partial charge in [0.2, 0.25) is 0 Å². The van der Waals surface area contributed by atoms with E-state index in [1.165, 1.54) is 11.1 Å². The Morgan fingerprint density at radius 3 is 2.19 bits per heavy atom. The normalized spacial score (nSPS) is 13.1. The second-order valence-electron chi connectivity index (χ2n) is 6.34. The number of ether oxygens (including phenoxy) is 1. The molecule has 0 aliphatic heterocycles. The third kappa shape index (κ3) is 4.78. The Balaban J connectivity index is 0.00000261. The van der Waals surface area contributed by atoms with E-state index < -0.39 is 18.1 Å². The first-order chi connectivity index (χ1) is 12.6. The predicted octanol–water partition coefficient (Wildman–Crippen LogP) is 3.14. The zero-order chi connectivity index (χ0) is 18.5. The van der Waals surface area contributed by atoms with E-state index in [4.69, 9.17) is 15.6 Å². The summed E-state index contributed by atoms with van der Waals surface area (Å²) in [5.41, 5.74) is 10.1. The molecule has 0 radical (unpaired) electrons. The summed E-state index contributed by atoms with van der Waals surface area (Å²) in [4.78, 5) is 22.6. The number of amides is 1. The number of carboxylic acid groups (broad SMARTS) is 1. The summed E-state index contributed by atoms with van der Waals surface area (Å²) >= 11 is 0. The fourth-order valence-corrected chi connectivity index (χ4v) is 3.29. The lowest BCUT2D eigenvalue weighted by Crippen LogP contribution is -2.32. The molecule has 0 spiro atoms. The summed E-state index contributed by atoms with van der Waals surface area (Å²) < 4.78 is 5.40. The van der Waals surface area contributed by atoms with E-state index in [0.717, 1.165) is 11.1 Å². The van der Waals surface area contributed by atoms with Crippen LogP contribution in [0.3, 0.4) is 0 Å². The van der Waals surface area contributed by atoms with E-state index in [1.807, 2.05) is 24.3 Å². The second kappa shape index (κ2) is 9.39. The first-order valence-corrected chi connectivity index (χ1v) is 8.65. The molecule has 6 nitrogen and oxygen atoms in total. The Morgan fingerprint density at radius 1 is 1.07 bits per heavy atom. The number of carbonyl (C=O) groups excluding carboxylic acids is 1. The first-order valence-electron chi connectivity index (χ1n) is 8.65. The monoisotopic (exact) mass is 390 g/mol. The third-order valence-corrected chi connectivity index (χ3v) is 4.62. The van der Waals surface area contributed by atoms with Gasteiger partial charge in [0.05, 0.1) is 0 Å². The van der Waals surface area contributed by atoms with Gasteiger partial charge in [0, 0.05) is 12.5 Å². The van der Waals surface area contributed by atoms with Gasteiger partial charge in [0.15, 0.2) is 0 Å². The average Bonchev–Trinajstić information content (AvgIpc) is 2.97. The van der Waals surface area contributed by atoms with Crippen LogP contribution in [0.25, 0.3) is 11.1 Å². The average molecular weight is 391 g/mol. The minimum Gasteiger partial charge on any atom is -0.480 e. The van der Waals surface area contributed by atoms with Crippen molar-refractivity contribution in [2.24, 2.45) is 5.73 Å². The van der Waals surface area contributed by atoms with E-state index in [0.29, 0.717) is 19.4 Å². The highest BCUT2D eigenvalue weighted by Crippen LogP contribution is 2.44. The number of fused-ring (bicyclic) bond motifs is 3. The molecule has 0 saturated heterocycles.